The van der Waals surface area contributed by atoms with Crippen molar-refractivity contribution in [3.8, 4) is 5.75 Å². The Labute approximate surface area is 196 Å². The molecule has 3 N–H and O–H groups in total. The van der Waals surface area contributed by atoms with Crippen LogP contribution in [-0.4, -0.2) is 27.1 Å². The molecule has 0 fully saturated rings. The van der Waals surface area contributed by atoms with E-state index in [1.807, 2.05) is 22.6 Å². The highest BCUT2D eigenvalue weighted by Gasteiger charge is 2.22. The minimum Gasteiger partial charge on any atom is -0.508 e. The molecule has 0 radical (unpaired) electrons. The minimum absolute atomic E-state index is 0.0438. The van der Waals surface area contributed by atoms with Crippen molar-refractivity contribution in [1.29, 1.82) is 0 Å². The number of nitrogens with zero attached hydrogens (tertiary/aromatic N) is 2. The number of anilines is 2. The number of rotatable bonds is 6. The average Bonchev–Trinajstić information content (AvgIpc) is 3.13. The normalized spacial score (nSPS) is 11.0. The molecule has 0 unspecified atom stereocenters. The fourth-order valence-corrected chi connectivity index (χ4v) is 3.78. The molecule has 0 saturated heterocycles. The Morgan fingerprint density at radius 3 is 2.62 bits per heavy atom. The number of fused-ring (bicyclic) bond motifs is 1. The number of carbonyl (C=O) groups excluding carboxylic acids is 1. The third-order valence-electron chi connectivity index (χ3n) is 5.03. The number of aromatic hydroxyl groups is 1. The van der Waals surface area contributed by atoms with Crippen molar-refractivity contribution in [2.75, 3.05) is 11.9 Å². The van der Waals surface area contributed by atoms with Gasteiger partial charge in [-0.3, -0.25) is 4.79 Å². The number of carbonyl (C=O) groups is 1. The largest absolute Gasteiger partial charge is 0.508 e. The van der Waals surface area contributed by atoms with Crippen molar-refractivity contribution in [1.82, 2.24) is 14.9 Å². The monoisotopic (exact) mass is 548 g/mol. The Morgan fingerprint density at radius 1 is 1.16 bits per heavy atom. The number of amides is 1. The number of halogens is 3. The summed E-state index contributed by atoms with van der Waals surface area (Å²) in [5.74, 6) is -1.63. The average molecular weight is 548 g/mol. The molecule has 0 saturated carbocycles. The molecule has 0 spiro atoms. The van der Waals surface area contributed by atoms with Gasteiger partial charge in [0.1, 0.15) is 17.1 Å². The molecule has 4 aromatic rings. The minimum atomic E-state index is -0.732. The van der Waals surface area contributed by atoms with Crippen molar-refractivity contribution >= 4 is 50.9 Å². The lowest BCUT2D eigenvalue weighted by Gasteiger charge is -2.15. The molecule has 1 aromatic heterocycles. The van der Waals surface area contributed by atoms with Crippen LogP contribution in [0.4, 0.5) is 20.2 Å². The van der Waals surface area contributed by atoms with Gasteiger partial charge < -0.3 is 20.3 Å². The smallest absolute Gasteiger partial charge is 0.253 e. The van der Waals surface area contributed by atoms with Gasteiger partial charge in [0.2, 0.25) is 0 Å². The Morgan fingerprint density at radius 2 is 1.91 bits per heavy atom. The van der Waals surface area contributed by atoms with E-state index in [2.05, 4.69) is 15.6 Å². The number of hydrogen-bond donors (Lipinski definition) is 3. The first-order valence-electron chi connectivity index (χ1n) is 9.75. The number of benzene rings is 3. The van der Waals surface area contributed by atoms with Gasteiger partial charge >= 0.3 is 0 Å². The molecule has 1 amide bonds. The quantitative estimate of drug-likeness (QED) is 0.301. The zero-order chi connectivity index (χ0) is 22.8. The lowest BCUT2D eigenvalue weighted by Crippen LogP contribution is -2.27. The Kier molecular flexibility index (Phi) is 6.26. The summed E-state index contributed by atoms with van der Waals surface area (Å²) >= 11 is 1.98. The van der Waals surface area contributed by atoms with Crippen molar-refractivity contribution in [3.63, 3.8) is 0 Å². The standard InChI is InChI=1S/C23H19F2IN4O2/c1-30-12-28-22-19(30)11-16(23(32)27-9-8-13-2-5-15(31)6-3-13)21(20(22)25)29-18-7-4-14(26)10-17(18)24/h2-7,10-12,29,31H,8-9H2,1H3,(H,27,32). The Balaban J connectivity index is 1.65. The van der Waals surface area contributed by atoms with Gasteiger partial charge in [-0.1, -0.05) is 12.1 Å². The molecule has 0 atom stereocenters. The molecule has 0 aliphatic rings. The molecule has 0 aliphatic carbocycles. The summed E-state index contributed by atoms with van der Waals surface area (Å²) in [4.78, 5) is 17.1. The van der Waals surface area contributed by atoms with Crippen LogP contribution in [0.3, 0.4) is 0 Å². The summed E-state index contributed by atoms with van der Waals surface area (Å²) in [6, 6.07) is 12.7. The number of hydrogen-bond acceptors (Lipinski definition) is 4. The first-order chi connectivity index (χ1) is 15.3. The van der Waals surface area contributed by atoms with E-state index in [1.54, 1.807) is 41.9 Å². The van der Waals surface area contributed by atoms with Crippen LogP contribution >= 0.6 is 22.6 Å². The van der Waals surface area contributed by atoms with Crippen LogP contribution in [0.1, 0.15) is 15.9 Å². The second kappa shape index (κ2) is 9.11. The van der Waals surface area contributed by atoms with Crippen LogP contribution < -0.4 is 10.6 Å². The number of aromatic nitrogens is 2. The molecule has 3 aromatic carbocycles. The molecular weight excluding hydrogens is 529 g/mol. The van der Waals surface area contributed by atoms with E-state index in [1.165, 1.54) is 24.5 Å². The van der Waals surface area contributed by atoms with Crippen LogP contribution in [0.2, 0.25) is 0 Å². The van der Waals surface area contributed by atoms with Gasteiger partial charge in [-0.2, -0.15) is 0 Å². The Hall–Kier alpha value is -3.21. The third-order valence-corrected chi connectivity index (χ3v) is 5.70. The van der Waals surface area contributed by atoms with Crippen LogP contribution in [0.5, 0.6) is 5.75 Å². The molecule has 9 heteroatoms. The van der Waals surface area contributed by atoms with E-state index in [4.69, 9.17) is 0 Å². The van der Waals surface area contributed by atoms with Crippen LogP contribution in [0.25, 0.3) is 11.0 Å². The number of phenolic OH excluding ortho intramolecular Hbond substituents is 1. The zero-order valence-corrected chi connectivity index (χ0v) is 19.2. The number of aryl methyl sites for hydroxylation is 1. The van der Waals surface area contributed by atoms with Gasteiger partial charge in [0.25, 0.3) is 5.91 Å². The maximum absolute atomic E-state index is 15.4. The number of nitrogens with one attached hydrogen (secondary N) is 2. The lowest BCUT2D eigenvalue weighted by molar-refractivity contribution is 0.0954. The molecule has 32 heavy (non-hydrogen) atoms. The molecule has 4 rings (SSSR count). The van der Waals surface area contributed by atoms with E-state index in [0.29, 0.717) is 22.1 Å². The van der Waals surface area contributed by atoms with Gasteiger partial charge in [-0.05, 0) is 71.0 Å². The van der Waals surface area contributed by atoms with Crippen molar-refractivity contribution in [2.45, 2.75) is 6.42 Å². The summed E-state index contributed by atoms with van der Waals surface area (Å²) in [5.41, 5.74) is 1.41. The number of imidazole rings is 1. The van der Waals surface area contributed by atoms with E-state index in [0.717, 1.165) is 5.56 Å². The SMILES string of the molecule is Cn1cnc2c(F)c(Nc3ccc(I)cc3F)c(C(=O)NCCc3ccc(O)cc3)cc21. The van der Waals surface area contributed by atoms with Crippen LogP contribution in [-0.2, 0) is 13.5 Å². The topological polar surface area (TPSA) is 79.2 Å². The molecule has 0 aliphatic heterocycles. The summed E-state index contributed by atoms with van der Waals surface area (Å²) < 4.78 is 32.1. The third kappa shape index (κ3) is 4.52. The van der Waals surface area contributed by atoms with Crippen molar-refractivity contribution in [3.05, 3.63) is 81.2 Å². The van der Waals surface area contributed by atoms with E-state index >= 15 is 4.39 Å². The van der Waals surface area contributed by atoms with Gasteiger partial charge in [0.15, 0.2) is 5.82 Å². The fourth-order valence-electron chi connectivity index (χ4n) is 3.33. The summed E-state index contributed by atoms with van der Waals surface area (Å²) in [6.07, 6.45) is 1.98. The van der Waals surface area contributed by atoms with Gasteiger partial charge in [-0.25, -0.2) is 13.8 Å². The predicted molar refractivity (Wildman–Crippen MR) is 127 cm³/mol. The second-order valence-corrected chi connectivity index (χ2v) is 8.50. The second-order valence-electron chi connectivity index (χ2n) is 7.26. The van der Waals surface area contributed by atoms with Crippen molar-refractivity contribution in [2.24, 2.45) is 7.05 Å². The molecule has 1 heterocycles. The van der Waals surface area contributed by atoms with E-state index in [9.17, 15) is 14.3 Å². The summed E-state index contributed by atoms with van der Waals surface area (Å²) in [5, 5.41) is 14.9. The zero-order valence-electron chi connectivity index (χ0n) is 17.0. The first kappa shape index (κ1) is 22.0. The maximum Gasteiger partial charge on any atom is 0.253 e. The van der Waals surface area contributed by atoms with Gasteiger partial charge in [0.05, 0.1) is 28.8 Å². The van der Waals surface area contributed by atoms with E-state index < -0.39 is 17.5 Å². The molecule has 6 nitrogen and oxygen atoms in total. The lowest BCUT2D eigenvalue weighted by atomic mass is 10.1. The molecule has 164 valence electrons. The Bertz CT molecular complexity index is 1310. The van der Waals surface area contributed by atoms with Crippen LogP contribution in [0, 0.1) is 15.2 Å². The summed E-state index contributed by atoms with van der Waals surface area (Å²) in [7, 11) is 1.70. The predicted octanol–water partition coefficient (Wildman–Crippen LogP) is 4.88. The number of phenols is 1. The maximum atomic E-state index is 15.4. The van der Waals surface area contributed by atoms with Gasteiger partial charge in [0, 0.05) is 17.2 Å². The van der Waals surface area contributed by atoms with Crippen LogP contribution in [0.15, 0.2) is 54.9 Å². The van der Waals surface area contributed by atoms with Crippen molar-refractivity contribution < 1.29 is 18.7 Å². The first-order valence-corrected chi connectivity index (χ1v) is 10.8. The highest BCUT2D eigenvalue weighted by atomic mass is 127. The van der Waals surface area contributed by atoms with E-state index in [-0.39, 0.29) is 28.2 Å². The molecular formula is C23H19F2IN4O2. The fraction of sp³-hybridized carbons (Fsp3) is 0.130. The highest BCUT2D eigenvalue weighted by molar-refractivity contribution is 14.1. The highest BCUT2D eigenvalue weighted by Crippen LogP contribution is 2.32. The van der Waals surface area contributed by atoms with Gasteiger partial charge in [-0.15, -0.1) is 0 Å². The molecule has 0 bridgehead atoms. The summed E-state index contributed by atoms with van der Waals surface area (Å²) in [6.45, 7) is 0.298.